The lowest BCUT2D eigenvalue weighted by Gasteiger charge is -2.20. The van der Waals surface area contributed by atoms with E-state index in [4.69, 9.17) is 0 Å². The van der Waals surface area contributed by atoms with Crippen LogP contribution in [0.15, 0.2) is 29.1 Å². The summed E-state index contributed by atoms with van der Waals surface area (Å²) >= 11 is 0. The zero-order valence-corrected chi connectivity index (χ0v) is 12.6. The first kappa shape index (κ1) is 15.6. The highest BCUT2D eigenvalue weighted by atomic mass is 19.4. The third-order valence-electron chi connectivity index (χ3n) is 4.07. The summed E-state index contributed by atoms with van der Waals surface area (Å²) in [5.74, 6) is -0.108. The summed E-state index contributed by atoms with van der Waals surface area (Å²) < 4.78 is 39.6. The van der Waals surface area contributed by atoms with E-state index in [0.717, 1.165) is 35.8 Å². The monoisotopic (exact) mass is 323 g/mol. The Kier molecular flexibility index (Phi) is 3.87. The standard InChI is InChI=1S/C16H16F3N3O/c1-22-14(23)9-13(16(17,18)19)21-15(22)20-12-8-4-6-10-5-2-3-7-11(10)12/h4,6,8-9H,2-3,5,7H2,1H3,(H,20,21). The molecule has 1 heterocycles. The lowest BCUT2D eigenvalue weighted by atomic mass is 9.90. The average molecular weight is 323 g/mol. The minimum Gasteiger partial charge on any atom is -0.325 e. The molecule has 1 aliphatic carbocycles. The molecule has 0 amide bonds. The van der Waals surface area contributed by atoms with Crippen LogP contribution in [0.4, 0.5) is 24.8 Å². The highest BCUT2D eigenvalue weighted by Crippen LogP contribution is 2.31. The molecule has 0 radical (unpaired) electrons. The van der Waals surface area contributed by atoms with Crippen molar-refractivity contribution in [3.63, 3.8) is 0 Å². The molecule has 1 aromatic carbocycles. The van der Waals surface area contributed by atoms with Crippen molar-refractivity contribution in [3.05, 3.63) is 51.4 Å². The molecule has 1 aromatic heterocycles. The minimum absolute atomic E-state index is 0.108. The normalized spacial score (nSPS) is 14.4. The maximum atomic E-state index is 12.9. The maximum Gasteiger partial charge on any atom is 0.433 e. The molecule has 0 bridgehead atoms. The number of hydrogen-bond acceptors (Lipinski definition) is 3. The summed E-state index contributed by atoms with van der Waals surface area (Å²) in [5, 5.41) is 2.91. The van der Waals surface area contributed by atoms with E-state index in [0.29, 0.717) is 11.8 Å². The van der Waals surface area contributed by atoms with E-state index in [9.17, 15) is 18.0 Å². The highest BCUT2D eigenvalue weighted by molar-refractivity contribution is 5.61. The summed E-state index contributed by atoms with van der Waals surface area (Å²) in [5.41, 5.74) is 1.06. The number of halogens is 3. The number of nitrogens with zero attached hydrogens (tertiary/aromatic N) is 2. The molecule has 7 heteroatoms. The van der Waals surface area contributed by atoms with Crippen LogP contribution in [0.2, 0.25) is 0 Å². The summed E-state index contributed by atoms with van der Waals surface area (Å²) in [6.07, 6.45) is -0.678. The van der Waals surface area contributed by atoms with Crippen molar-refractivity contribution >= 4 is 11.6 Å². The van der Waals surface area contributed by atoms with Crippen LogP contribution in [-0.4, -0.2) is 9.55 Å². The van der Waals surface area contributed by atoms with Crippen LogP contribution in [0.25, 0.3) is 0 Å². The Morgan fingerprint density at radius 3 is 2.70 bits per heavy atom. The molecule has 0 saturated carbocycles. The molecule has 0 unspecified atom stereocenters. The molecule has 0 fully saturated rings. The van der Waals surface area contributed by atoms with Gasteiger partial charge in [-0.3, -0.25) is 9.36 Å². The van der Waals surface area contributed by atoms with Gasteiger partial charge in [0.25, 0.3) is 5.56 Å². The molecule has 0 saturated heterocycles. The van der Waals surface area contributed by atoms with E-state index in [-0.39, 0.29) is 5.95 Å². The smallest absolute Gasteiger partial charge is 0.325 e. The number of alkyl halides is 3. The van der Waals surface area contributed by atoms with Gasteiger partial charge < -0.3 is 5.32 Å². The SMILES string of the molecule is Cn1c(Nc2cccc3c2CCCC3)nc(C(F)(F)F)cc1=O. The van der Waals surface area contributed by atoms with E-state index in [1.54, 1.807) is 6.07 Å². The Morgan fingerprint density at radius 1 is 1.22 bits per heavy atom. The molecule has 4 nitrogen and oxygen atoms in total. The van der Waals surface area contributed by atoms with Crippen LogP contribution in [0.5, 0.6) is 0 Å². The molecule has 0 atom stereocenters. The van der Waals surface area contributed by atoms with Crippen molar-refractivity contribution in [2.75, 3.05) is 5.32 Å². The van der Waals surface area contributed by atoms with Crippen LogP contribution in [-0.2, 0) is 26.1 Å². The minimum atomic E-state index is -4.65. The van der Waals surface area contributed by atoms with Crippen molar-refractivity contribution in [2.24, 2.45) is 7.05 Å². The van der Waals surface area contributed by atoms with Crippen LogP contribution in [0.1, 0.15) is 29.7 Å². The Balaban J connectivity index is 2.04. The maximum absolute atomic E-state index is 12.9. The molecular weight excluding hydrogens is 307 g/mol. The average Bonchev–Trinajstić information content (AvgIpc) is 2.51. The van der Waals surface area contributed by atoms with Gasteiger partial charge >= 0.3 is 6.18 Å². The number of hydrogen-bond donors (Lipinski definition) is 1. The van der Waals surface area contributed by atoms with Gasteiger partial charge in [0.05, 0.1) is 0 Å². The molecular formula is C16H16F3N3O. The van der Waals surface area contributed by atoms with Gasteiger partial charge in [-0.05, 0) is 42.9 Å². The van der Waals surface area contributed by atoms with Crippen molar-refractivity contribution < 1.29 is 13.2 Å². The molecule has 0 aliphatic heterocycles. The molecule has 1 N–H and O–H groups in total. The number of anilines is 2. The van der Waals surface area contributed by atoms with Gasteiger partial charge in [-0.2, -0.15) is 13.2 Å². The predicted octanol–water partition coefficient (Wildman–Crippen LogP) is 3.42. The van der Waals surface area contributed by atoms with Crippen molar-refractivity contribution in [1.82, 2.24) is 9.55 Å². The van der Waals surface area contributed by atoms with Crippen molar-refractivity contribution in [1.29, 1.82) is 0 Å². The fourth-order valence-corrected chi connectivity index (χ4v) is 2.82. The van der Waals surface area contributed by atoms with Gasteiger partial charge in [0.1, 0.15) is 0 Å². The van der Waals surface area contributed by atoms with Crippen molar-refractivity contribution in [2.45, 2.75) is 31.9 Å². The molecule has 122 valence electrons. The fourth-order valence-electron chi connectivity index (χ4n) is 2.82. The van der Waals surface area contributed by atoms with E-state index in [2.05, 4.69) is 10.3 Å². The lowest BCUT2D eigenvalue weighted by molar-refractivity contribution is -0.141. The number of nitrogens with one attached hydrogen (secondary N) is 1. The second-order valence-electron chi connectivity index (χ2n) is 5.64. The van der Waals surface area contributed by atoms with Crippen molar-refractivity contribution in [3.8, 4) is 0 Å². The zero-order chi connectivity index (χ0) is 16.6. The van der Waals surface area contributed by atoms with Crippen LogP contribution < -0.4 is 10.9 Å². The number of rotatable bonds is 2. The van der Waals surface area contributed by atoms with E-state index in [1.807, 2.05) is 12.1 Å². The largest absolute Gasteiger partial charge is 0.433 e. The molecule has 1 aliphatic rings. The third kappa shape index (κ3) is 3.09. The van der Waals surface area contributed by atoms with E-state index in [1.165, 1.54) is 12.6 Å². The second kappa shape index (κ2) is 5.72. The second-order valence-corrected chi connectivity index (χ2v) is 5.64. The van der Waals surface area contributed by atoms with Gasteiger partial charge in [0, 0.05) is 18.8 Å². The number of benzene rings is 1. The molecule has 2 aromatic rings. The van der Waals surface area contributed by atoms with Gasteiger partial charge in [0.15, 0.2) is 5.69 Å². The van der Waals surface area contributed by atoms with Crippen LogP contribution in [0.3, 0.4) is 0 Å². The summed E-state index contributed by atoms with van der Waals surface area (Å²) in [7, 11) is 1.40. The van der Waals surface area contributed by atoms with Crippen LogP contribution >= 0.6 is 0 Å². The first-order chi connectivity index (χ1) is 10.9. The molecule has 23 heavy (non-hydrogen) atoms. The topological polar surface area (TPSA) is 46.9 Å². The summed E-state index contributed by atoms with van der Waals surface area (Å²) in [6, 6.07) is 6.19. The van der Waals surface area contributed by atoms with Gasteiger partial charge in [-0.15, -0.1) is 0 Å². The molecule has 0 spiro atoms. The molecule has 3 rings (SSSR count). The third-order valence-corrected chi connectivity index (χ3v) is 4.07. The quantitative estimate of drug-likeness (QED) is 0.921. The number of aryl methyl sites for hydroxylation is 1. The number of fused-ring (bicyclic) bond motifs is 1. The first-order valence-electron chi connectivity index (χ1n) is 7.39. The van der Waals surface area contributed by atoms with E-state index < -0.39 is 17.4 Å². The Hall–Kier alpha value is -2.31. The van der Waals surface area contributed by atoms with Crippen LogP contribution in [0, 0.1) is 0 Å². The summed E-state index contributed by atoms with van der Waals surface area (Å²) in [4.78, 5) is 15.3. The fraction of sp³-hybridized carbons (Fsp3) is 0.375. The van der Waals surface area contributed by atoms with Gasteiger partial charge in [0.2, 0.25) is 5.95 Å². The Bertz CT molecular complexity index is 796. The highest BCUT2D eigenvalue weighted by Gasteiger charge is 2.34. The number of aromatic nitrogens is 2. The predicted molar refractivity (Wildman–Crippen MR) is 80.8 cm³/mol. The van der Waals surface area contributed by atoms with Gasteiger partial charge in [-0.1, -0.05) is 12.1 Å². The van der Waals surface area contributed by atoms with E-state index >= 15 is 0 Å². The summed E-state index contributed by atoms with van der Waals surface area (Å²) in [6.45, 7) is 0. The lowest BCUT2D eigenvalue weighted by Crippen LogP contribution is -2.24. The Labute approximate surface area is 131 Å². The Morgan fingerprint density at radius 2 is 1.96 bits per heavy atom. The zero-order valence-electron chi connectivity index (χ0n) is 12.6. The van der Waals surface area contributed by atoms with Gasteiger partial charge in [-0.25, -0.2) is 4.98 Å². The first-order valence-corrected chi connectivity index (χ1v) is 7.39.